The molecule has 0 unspecified atom stereocenters. The van der Waals surface area contributed by atoms with Crippen LogP contribution in [0.15, 0.2) is 54.7 Å². The SMILES string of the molecule is COc1ccc2c(c1)c(C(=O)C(=O)Nc1ccnc(OC)c1Cl)c(C)n2Cc1ccc(Cl)cc1. The molecule has 0 saturated heterocycles. The van der Waals surface area contributed by atoms with Crippen molar-refractivity contribution in [3.8, 4) is 11.6 Å². The highest BCUT2D eigenvalue weighted by atomic mass is 35.5. The van der Waals surface area contributed by atoms with E-state index in [-0.39, 0.29) is 22.2 Å². The number of anilines is 1. The molecule has 174 valence electrons. The van der Waals surface area contributed by atoms with E-state index >= 15 is 0 Å². The minimum atomic E-state index is -0.827. The molecule has 2 aromatic carbocycles. The molecule has 9 heteroatoms. The van der Waals surface area contributed by atoms with Crippen molar-refractivity contribution in [2.45, 2.75) is 13.5 Å². The van der Waals surface area contributed by atoms with Crippen molar-refractivity contribution in [2.24, 2.45) is 0 Å². The van der Waals surface area contributed by atoms with Gasteiger partial charge in [0.05, 0.1) is 25.5 Å². The van der Waals surface area contributed by atoms with Crippen molar-refractivity contribution in [2.75, 3.05) is 19.5 Å². The van der Waals surface area contributed by atoms with Crippen LogP contribution in [0.4, 0.5) is 5.69 Å². The minimum absolute atomic E-state index is 0.106. The summed E-state index contributed by atoms with van der Waals surface area (Å²) in [6, 6.07) is 14.4. The fourth-order valence-corrected chi connectivity index (χ4v) is 4.17. The van der Waals surface area contributed by atoms with Gasteiger partial charge in [0.25, 0.3) is 11.7 Å². The van der Waals surface area contributed by atoms with Crippen LogP contribution in [0.25, 0.3) is 10.9 Å². The molecule has 34 heavy (non-hydrogen) atoms. The Morgan fingerprint density at radius 2 is 1.76 bits per heavy atom. The summed E-state index contributed by atoms with van der Waals surface area (Å²) >= 11 is 12.3. The first-order valence-corrected chi connectivity index (χ1v) is 11.0. The zero-order valence-electron chi connectivity index (χ0n) is 18.7. The van der Waals surface area contributed by atoms with Gasteiger partial charge in [-0.2, -0.15) is 0 Å². The van der Waals surface area contributed by atoms with Gasteiger partial charge in [-0.3, -0.25) is 9.59 Å². The minimum Gasteiger partial charge on any atom is -0.497 e. The summed E-state index contributed by atoms with van der Waals surface area (Å²) in [7, 11) is 2.96. The van der Waals surface area contributed by atoms with E-state index in [1.807, 2.05) is 47.9 Å². The second-order valence-electron chi connectivity index (χ2n) is 7.52. The summed E-state index contributed by atoms with van der Waals surface area (Å²) in [5.41, 5.74) is 2.97. The number of ether oxygens (including phenoxy) is 2. The van der Waals surface area contributed by atoms with E-state index in [9.17, 15) is 9.59 Å². The van der Waals surface area contributed by atoms with Gasteiger partial charge in [0.2, 0.25) is 5.88 Å². The van der Waals surface area contributed by atoms with Gasteiger partial charge in [-0.1, -0.05) is 35.3 Å². The standard InChI is InChI=1S/C25H21Cl2N3O4/c1-14-21(23(31)24(32)29-19-10-11-28-25(34-3)22(19)27)18-12-17(33-2)8-9-20(18)30(14)13-15-4-6-16(26)7-5-15/h4-12H,13H2,1-3H3,(H,28,29,32). The number of aromatic nitrogens is 2. The maximum Gasteiger partial charge on any atom is 0.296 e. The highest BCUT2D eigenvalue weighted by Gasteiger charge is 2.26. The van der Waals surface area contributed by atoms with Gasteiger partial charge >= 0.3 is 0 Å². The van der Waals surface area contributed by atoms with E-state index in [2.05, 4.69) is 10.3 Å². The molecule has 0 bridgehead atoms. The number of hydrogen-bond acceptors (Lipinski definition) is 5. The Hall–Kier alpha value is -3.55. The molecule has 0 saturated carbocycles. The predicted molar refractivity (Wildman–Crippen MR) is 133 cm³/mol. The summed E-state index contributed by atoms with van der Waals surface area (Å²) in [6.45, 7) is 2.31. The van der Waals surface area contributed by atoms with Crippen molar-refractivity contribution >= 4 is 51.5 Å². The quantitative estimate of drug-likeness (QED) is 0.267. The zero-order chi connectivity index (χ0) is 24.4. The largest absolute Gasteiger partial charge is 0.497 e. The van der Waals surface area contributed by atoms with Crippen LogP contribution < -0.4 is 14.8 Å². The molecule has 0 aliphatic heterocycles. The number of hydrogen-bond donors (Lipinski definition) is 1. The van der Waals surface area contributed by atoms with Crippen molar-refractivity contribution in [3.63, 3.8) is 0 Å². The molecule has 0 radical (unpaired) electrons. The highest BCUT2D eigenvalue weighted by molar-refractivity contribution is 6.49. The molecule has 2 heterocycles. The molecular formula is C25H21Cl2N3O4. The van der Waals surface area contributed by atoms with Crippen LogP contribution in [0.3, 0.4) is 0 Å². The zero-order valence-corrected chi connectivity index (χ0v) is 20.2. The number of ketones is 1. The number of pyridine rings is 1. The molecule has 7 nitrogen and oxygen atoms in total. The first-order valence-electron chi connectivity index (χ1n) is 10.3. The lowest BCUT2D eigenvalue weighted by molar-refractivity contribution is -0.112. The topological polar surface area (TPSA) is 82.5 Å². The first-order chi connectivity index (χ1) is 16.3. The van der Waals surface area contributed by atoms with Crippen LogP contribution in [-0.4, -0.2) is 35.5 Å². The van der Waals surface area contributed by atoms with Crippen LogP contribution in [0.5, 0.6) is 11.6 Å². The average Bonchev–Trinajstić information content (AvgIpc) is 3.11. The Morgan fingerprint density at radius 3 is 2.44 bits per heavy atom. The Kier molecular flexibility index (Phi) is 6.77. The molecule has 1 amide bonds. The third-order valence-electron chi connectivity index (χ3n) is 5.52. The van der Waals surface area contributed by atoms with Crippen LogP contribution in [0.1, 0.15) is 21.6 Å². The Balaban J connectivity index is 1.76. The van der Waals surface area contributed by atoms with Gasteiger partial charge in [-0.25, -0.2) is 4.98 Å². The van der Waals surface area contributed by atoms with Crippen LogP contribution in [0.2, 0.25) is 10.0 Å². The number of nitrogens with one attached hydrogen (secondary N) is 1. The third-order valence-corrected chi connectivity index (χ3v) is 6.13. The summed E-state index contributed by atoms with van der Waals surface area (Å²) in [5, 5.41) is 3.93. The van der Waals surface area contributed by atoms with E-state index in [0.717, 1.165) is 11.1 Å². The lowest BCUT2D eigenvalue weighted by atomic mass is 10.1. The molecule has 4 rings (SSSR count). The van der Waals surface area contributed by atoms with Gasteiger partial charge in [0, 0.05) is 34.4 Å². The second-order valence-corrected chi connectivity index (χ2v) is 8.34. The van der Waals surface area contributed by atoms with E-state index in [1.165, 1.54) is 19.4 Å². The van der Waals surface area contributed by atoms with Crippen molar-refractivity contribution in [1.82, 2.24) is 9.55 Å². The normalized spacial score (nSPS) is 10.9. The van der Waals surface area contributed by atoms with E-state index < -0.39 is 11.7 Å². The van der Waals surface area contributed by atoms with Gasteiger partial charge < -0.3 is 19.4 Å². The molecule has 0 atom stereocenters. The fourth-order valence-electron chi connectivity index (χ4n) is 3.81. The molecular weight excluding hydrogens is 477 g/mol. The summed E-state index contributed by atoms with van der Waals surface area (Å²) in [6.07, 6.45) is 1.43. The Morgan fingerprint density at radius 1 is 1.03 bits per heavy atom. The van der Waals surface area contributed by atoms with Gasteiger partial charge in [0.15, 0.2) is 0 Å². The van der Waals surface area contributed by atoms with E-state index in [0.29, 0.717) is 28.4 Å². The second kappa shape index (κ2) is 9.75. The molecule has 0 fully saturated rings. The number of nitrogens with zero attached hydrogens (tertiary/aromatic N) is 2. The lowest BCUT2D eigenvalue weighted by Gasteiger charge is -2.10. The third kappa shape index (κ3) is 4.44. The number of Topliss-reactive ketones (excluding diaryl/α,β-unsaturated/α-hetero) is 1. The maximum atomic E-state index is 13.4. The van der Waals surface area contributed by atoms with Gasteiger partial charge in [0.1, 0.15) is 10.8 Å². The number of carbonyl (C=O) groups excluding carboxylic acids is 2. The summed E-state index contributed by atoms with van der Waals surface area (Å²) in [5.74, 6) is -0.802. The number of benzene rings is 2. The fraction of sp³-hybridized carbons (Fsp3) is 0.160. The van der Waals surface area contributed by atoms with Crippen LogP contribution in [-0.2, 0) is 11.3 Å². The molecule has 0 spiro atoms. The number of amides is 1. The van der Waals surface area contributed by atoms with E-state index in [1.54, 1.807) is 13.2 Å². The van der Waals surface area contributed by atoms with Crippen molar-refractivity contribution in [1.29, 1.82) is 0 Å². The smallest absolute Gasteiger partial charge is 0.296 e. The molecule has 2 aromatic heterocycles. The Labute approximate surface area is 206 Å². The van der Waals surface area contributed by atoms with Crippen molar-refractivity contribution in [3.05, 3.63) is 81.6 Å². The molecule has 0 aliphatic carbocycles. The Bertz CT molecular complexity index is 1400. The maximum absolute atomic E-state index is 13.4. The molecule has 4 aromatic rings. The van der Waals surface area contributed by atoms with Crippen LogP contribution >= 0.6 is 23.2 Å². The van der Waals surface area contributed by atoms with Gasteiger partial charge in [-0.15, -0.1) is 0 Å². The van der Waals surface area contributed by atoms with E-state index in [4.69, 9.17) is 32.7 Å². The monoisotopic (exact) mass is 497 g/mol. The van der Waals surface area contributed by atoms with Crippen LogP contribution in [0, 0.1) is 6.92 Å². The number of methoxy groups -OCH3 is 2. The van der Waals surface area contributed by atoms with Crippen molar-refractivity contribution < 1.29 is 19.1 Å². The lowest BCUT2D eigenvalue weighted by Crippen LogP contribution is -2.24. The van der Waals surface area contributed by atoms with Gasteiger partial charge in [-0.05, 0) is 48.9 Å². The molecule has 1 N–H and O–H groups in total. The average molecular weight is 498 g/mol. The number of rotatable bonds is 7. The number of halogens is 2. The number of carbonyl (C=O) groups is 2. The first kappa shape index (κ1) is 23.6. The summed E-state index contributed by atoms with van der Waals surface area (Å²) in [4.78, 5) is 30.3. The highest BCUT2D eigenvalue weighted by Crippen LogP contribution is 2.32. The molecule has 0 aliphatic rings. The summed E-state index contributed by atoms with van der Waals surface area (Å²) < 4.78 is 12.4. The number of fused-ring (bicyclic) bond motifs is 1. The predicted octanol–water partition coefficient (Wildman–Crippen LogP) is 5.54.